The molecule has 0 spiro atoms. The van der Waals surface area contributed by atoms with Crippen LogP contribution >= 0.6 is 11.8 Å². The molecule has 1 saturated heterocycles. The van der Waals surface area contributed by atoms with E-state index in [9.17, 15) is 9.59 Å². The van der Waals surface area contributed by atoms with Crippen molar-refractivity contribution in [3.05, 3.63) is 60.0 Å². The summed E-state index contributed by atoms with van der Waals surface area (Å²) in [6.07, 6.45) is 2.98. The molecule has 3 aromatic rings. The summed E-state index contributed by atoms with van der Waals surface area (Å²) in [4.78, 5) is 32.1. The normalized spacial score (nSPS) is 14.2. The van der Waals surface area contributed by atoms with Crippen molar-refractivity contribution in [2.75, 3.05) is 28.3 Å². The lowest BCUT2D eigenvalue weighted by Crippen LogP contribution is -2.43. The van der Waals surface area contributed by atoms with Gasteiger partial charge in [-0.2, -0.15) is 16.7 Å². The number of aryl methyl sites for hydroxylation is 1. The predicted molar refractivity (Wildman–Crippen MR) is 127 cm³/mol. The van der Waals surface area contributed by atoms with E-state index in [1.165, 1.54) is 6.39 Å². The van der Waals surface area contributed by atoms with E-state index >= 15 is 0 Å². The topological polar surface area (TPSA) is 88.3 Å². The maximum absolute atomic E-state index is 13.4. The van der Waals surface area contributed by atoms with Crippen molar-refractivity contribution in [1.82, 2.24) is 10.1 Å². The number of carbonyl (C=O) groups is 2. The van der Waals surface area contributed by atoms with Gasteiger partial charge in [-0.25, -0.2) is 0 Å². The number of hydrogen-bond acceptors (Lipinski definition) is 6. The maximum Gasteiger partial charge on any atom is 0.244 e. The van der Waals surface area contributed by atoms with Crippen LogP contribution in [0.1, 0.15) is 24.0 Å². The summed E-state index contributed by atoms with van der Waals surface area (Å²) in [5, 5.41) is 6.72. The third kappa shape index (κ3) is 5.02. The molecule has 0 bridgehead atoms. The van der Waals surface area contributed by atoms with Crippen LogP contribution < -0.4 is 10.2 Å². The number of nitrogens with one attached hydrogen (secondary N) is 1. The summed E-state index contributed by atoms with van der Waals surface area (Å²) in [6, 6.07) is 13.1. The Kier molecular flexibility index (Phi) is 6.90. The van der Waals surface area contributed by atoms with E-state index in [1.54, 1.807) is 17.0 Å². The van der Waals surface area contributed by atoms with Gasteiger partial charge < -0.3 is 14.7 Å². The van der Waals surface area contributed by atoms with Gasteiger partial charge in [-0.1, -0.05) is 17.3 Å². The highest BCUT2D eigenvalue weighted by Crippen LogP contribution is 2.29. The SMILES string of the molecule is Cc1cccc(N(CC(=O)Nc2ccc(-c3ncon3)cc2)C(=O)C2CCSCC2)c1C. The van der Waals surface area contributed by atoms with Crippen LogP contribution in [0.2, 0.25) is 0 Å². The summed E-state index contributed by atoms with van der Waals surface area (Å²) < 4.78 is 4.77. The second-order valence-corrected chi connectivity index (χ2v) is 9.14. The van der Waals surface area contributed by atoms with Gasteiger partial charge in [0.05, 0.1) is 0 Å². The van der Waals surface area contributed by atoms with E-state index in [4.69, 9.17) is 4.52 Å². The number of benzene rings is 2. The number of thioether (sulfide) groups is 1. The van der Waals surface area contributed by atoms with Gasteiger partial charge in [0.25, 0.3) is 0 Å². The number of amides is 2. The third-order valence-electron chi connectivity index (χ3n) is 5.79. The number of hydrogen-bond donors (Lipinski definition) is 1. The first kappa shape index (κ1) is 22.1. The Hall–Kier alpha value is -3.13. The van der Waals surface area contributed by atoms with E-state index in [0.717, 1.165) is 46.7 Å². The fourth-order valence-corrected chi connectivity index (χ4v) is 4.93. The molecule has 0 radical (unpaired) electrons. The zero-order chi connectivity index (χ0) is 22.5. The third-order valence-corrected chi connectivity index (χ3v) is 6.84. The molecule has 2 aromatic carbocycles. The van der Waals surface area contributed by atoms with Crippen LogP contribution in [0.4, 0.5) is 11.4 Å². The van der Waals surface area contributed by atoms with Crippen LogP contribution in [0.15, 0.2) is 53.4 Å². The minimum atomic E-state index is -0.239. The van der Waals surface area contributed by atoms with E-state index in [-0.39, 0.29) is 24.3 Å². The lowest BCUT2D eigenvalue weighted by atomic mass is 9.99. The number of anilines is 2. The lowest BCUT2D eigenvalue weighted by molar-refractivity contribution is -0.124. The first-order valence-corrected chi connectivity index (χ1v) is 11.8. The molecule has 0 unspecified atom stereocenters. The Morgan fingerprint density at radius 1 is 1.12 bits per heavy atom. The van der Waals surface area contributed by atoms with E-state index in [0.29, 0.717) is 11.5 Å². The van der Waals surface area contributed by atoms with E-state index < -0.39 is 0 Å². The standard InChI is InChI=1S/C24H26N4O3S/c1-16-4-3-5-21(17(16)2)28(24(30)19-10-12-32-13-11-19)14-22(29)26-20-8-6-18(7-9-20)23-25-15-31-27-23/h3-9,15,19H,10-14H2,1-2H3,(H,26,29). The van der Waals surface area contributed by atoms with Gasteiger partial charge in [-0.3, -0.25) is 9.59 Å². The molecule has 1 aromatic heterocycles. The van der Waals surface area contributed by atoms with Gasteiger partial charge in [0.15, 0.2) is 0 Å². The summed E-state index contributed by atoms with van der Waals surface area (Å²) in [6.45, 7) is 3.99. The minimum absolute atomic E-state index is 0.0284. The molecule has 1 aliphatic heterocycles. The summed E-state index contributed by atoms with van der Waals surface area (Å²) in [5.74, 6) is 2.20. The van der Waals surface area contributed by atoms with Gasteiger partial charge in [0.1, 0.15) is 6.54 Å². The number of rotatable bonds is 6. The number of nitrogens with zero attached hydrogens (tertiary/aromatic N) is 3. The smallest absolute Gasteiger partial charge is 0.244 e. The maximum atomic E-state index is 13.4. The van der Waals surface area contributed by atoms with Crippen molar-refractivity contribution < 1.29 is 14.1 Å². The van der Waals surface area contributed by atoms with Gasteiger partial charge in [0, 0.05) is 22.9 Å². The van der Waals surface area contributed by atoms with Gasteiger partial charge >= 0.3 is 0 Å². The van der Waals surface area contributed by atoms with Gasteiger partial charge in [0.2, 0.25) is 24.0 Å². The highest BCUT2D eigenvalue weighted by atomic mass is 32.2. The molecule has 8 heteroatoms. The predicted octanol–water partition coefficient (Wildman–Crippen LogP) is 4.47. The second kappa shape index (κ2) is 9.99. The molecule has 7 nitrogen and oxygen atoms in total. The van der Waals surface area contributed by atoms with Crippen molar-refractivity contribution in [2.45, 2.75) is 26.7 Å². The Labute approximate surface area is 191 Å². The summed E-state index contributed by atoms with van der Waals surface area (Å²) >= 11 is 1.88. The van der Waals surface area contributed by atoms with Crippen LogP contribution in [0.3, 0.4) is 0 Å². The van der Waals surface area contributed by atoms with Crippen LogP contribution in [-0.4, -0.2) is 40.0 Å². The molecule has 32 heavy (non-hydrogen) atoms. The average Bonchev–Trinajstić information content (AvgIpc) is 3.35. The molecular formula is C24H26N4O3S. The minimum Gasteiger partial charge on any atom is -0.342 e. The van der Waals surface area contributed by atoms with Gasteiger partial charge in [-0.15, -0.1) is 0 Å². The zero-order valence-electron chi connectivity index (χ0n) is 18.2. The van der Waals surface area contributed by atoms with Crippen LogP contribution in [0.25, 0.3) is 11.4 Å². The first-order chi connectivity index (χ1) is 15.5. The fraction of sp³-hybridized carbons (Fsp3) is 0.333. The molecule has 2 heterocycles. The Morgan fingerprint density at radius 3 is 2.56 bits per heavy atom. The van der Waals surface area contributed by atoms with Crippen LogP contribution in [0, 0.1) is 19.8 Å². The zero-order valence-corrected chi connectivity index (χ0v) is 19.0. The largest absolute Gasteiger partial charge is 0.342 e. The van der Waals surface area contributed by atoms with Crippen LogP contribution in [-0.2, 0) is 9.59 Å². The second-order valence-electron chi connectivity index (χ2n) is 7.91. The van der Waals surface area contributed by atoms with Crippen LogP contribution in [0.5, 0.6) is 0 Å². The van der Waals surface area contributed by atoms with Crippen molar-refractivity contribution >= 4 is 35.0 Å². The van der Waals surface area contributed by atoms with E-state index in [2.05, 4.69) is 15.5 Å². The number of carbonyl (C=O) groups excluding carboxylic acids is 2. The van der Waals surface area contributed by atoms with Crippen molar-refractivity contribution in [1.29, 1.82) is 0 Å². The molecule has 1 N–H and O–H groups in total. The average molecular weight is 451 g/mol. The molecular weight excluding hydrogens is 424 g/mol. The molecule has 1 aliphatic rings. The molecule has 2 amide bonds. The fourth-order valence-electron chi connectivity index (χ4n) is 3.82. The molecule has 0 atom stereocenters. The molecule has 0 aliphatic carbocycles. The highest BCUT2D eigenvalue weighted by Gasteiger charge is 2.29. The lowest BCUT2D eigenvalue weighted by Gasteiger charge is -2.30. The first-order valence-electron chi connectivity index (χ1n) is 10.6. The molecule has 0 saturated carbocycles. The summed E-state index contributed by atoms with van der Waals surface area (Å²) in [5.41, 5.74) is 4.35. The van der Waals surface area contributed by atoms with E-state index in [1.807, 2.05) is 55.9 Å². The Morgan fingerprint density at radius 2 is 1.88 bits per heavy atom. The Balaban J connectivity index is 1.51. The highest BCUT2D eigenvalue weighted by molar-refractivity contribution is 7.99. The monoisotopic (exact) mass is 450 g/mol. The van der Waals surface area contributed by atoms with Crippen molar-refractivity contribution in [3.8, 4) is 11.4 Å². The molecule has 1 fully saturated rings. The Bertz CT molecular complexity index is 1080. The molecule has 166 valence electrons. The summed E-state index contributed by atoms with van der Waals surface area (Å²) in [7, 11) is 0. The van der Waals surface area contributed by atoms with Gasteiger partial charge in [-0.05, 0) is 79.7 Å². The number of aromatic nitrogens is 2. The van der Waals surface area contributed by atoms with Crippen molar-refractivity contribution in [3.63, 3.8) is 0 Å². The molecule has 4 rings (SSSR count). The quantitative estimate of drug-likeness (QED) is 0.596. The van der Waals surface area contributed by atoms with Crippen molar-refractivity contribution in [2.24, 2.45) is 5.92 Å².